The average Bonchev–Trinajstić information content (AvgIpc) is 2.17. The summed E-state index contributed by atoms with van der Waals surface area (Å²) >= 11 is 0. The third-order valence-electron chi connectivity index (χ3n) is 3.13. The molecule has 0 aliphatic carbocycles. The van der Waals surface area contributed by atoms with Crippen LogP contribution in [-0.4, -0.2) is 46.7 Å². The van der Waals surface area contributed by atoms with Gasteiger partial charge in [0, 0.05) is 19.4 Å². The number of likely N-dealkylation sites (N-methyl/N-ethyl adjacent to an activating group) is 1. The number of aliphatic carboxylic acids is 1. The van der Waals surface area contributed by atoms with E-state index < -0.39 is 11.5 Å². The first-order chi connectivity index (χ1) is 7.46. The Bertz CT molecular complexity index is 269. The van der Waals surface area contributed by atoms with Crippen LogP contribution in [0.2, 0.25) is 0 Å². The van der Waals surface area contributed by atoms with E-state index in [-0.39, 0.29) is 12.2 Å². The van der Waals surface area contributed by atoms with Crippen LogP contribution in [0.4, 0.5) is 0 Å². The highest BCUT2D eigenvalue weighted by molar-refractivity contribution is 5.81. The predicted octanol–water partition coefficient (Wildman–Crippen LogP) is 0.875. The van der Waals surface area contributed by atoms with Gasteiger partial charge in [-0.2, -0.15) is 0 Å². The van der Waals surface area contributed by atoms with Crippen LogP contribution in [0.5, 0.6) is 0 Å². The predicted molar refractivity (Wildman–Crippen MR) is 58.1 cm³/mol. The molecule has 5 heteroatoms. The Labute approximate surface area is 95.4 Å². The van der Waals surface area contributed by atoms with Crippen molar-refractivity contribution in [2.75, 3.05) is 6.54 Å². The van der Waals surface area contributed by atoms with Gasteiger partial charge in [-0.15, -0.1) is 0 Å². The van der Waals surface area contributed by atoms with Crippen LogP contribution in [0.15, 0.2) is 0 Å². The van der Waals surface area contributed by atoms with E-state index in [2.05, 4.69) is 0 Å². The maximum atomic E-state index is 11.5. The number of hydrogen-bond donors (Lipinski definition) is 1. The Morgan fingerprint density at radius 1 is 1.50 bits per heavy atom. The molecule has 16 heavy (non-hydrogen) atoms. The molecule has 1 fully saturated rings. The van der Waals surface area contributed by atoms with Gasteiger partial charge in [-0.25, -0.2) is 4.79 Å². The van der Waals surface area contributed by atoms with Crippen molar-refractivity contribution in [3.8, 4) is 0 Å². The van der Waals surface area contributed by atoms with Gasteiger partial charge in [0.05, 0.1) is 12.2 Å². The van der Waals surface area contributed by atoms with Crippen molar-refractivity contribution in [1.82, 2.24) is 4.90 Å². The number of hydrogen-bond acceptors (Lipinski definition) is 3. The van der Waals surface area contributed by atoms with Crippen LogP contribution in [0.25, 0.3) is 0 Å². The van der Waals surface area contributed by atoms with Crippen LogP contribution >= 0.6 is 0 Å². The lowest BCUT2D eigenvalue weighted by Gasteiger charge is -2.44. The second-order valence-electron chi connectivity index (χ2n) is 4.39. The number of carbonyl (C=O) groups is 2. The lowest BCUT2D eigenvalue weighted by molar-refractivity contribution is -0.171. The topological polar surface area (TPSA) is 66.8 Å². The Morgan fingerprint density at radius 2 is 2.00 bits per heavy atom. The number of ether oxygens (including phenoxy) is 1. The maximum Gasteiger partial charge on any atom is 0.329 e. The summed E-state index contributed by atoms with van der Waals surface area (Å²) in [5.74, 6) is -0.941. The van der Waals surface area contributed by atoms with Crippen molar-refractivity contribution in [1.29, 1.82) is 0 Å². The van der Waals surface area contributed by atoms with Crippen LogP contribution < -0.4 is 0 Å². The molecule has 0 aromatic carbocycles. The Morgan fingerprint density at radius 3 is 2.31 bits per heavy atom. The summed E-state index contributed by atoms with van der Waals surface area (Å²) in [6.45, 7) is 5.86. The number of carboxylic acid groups (broad SMARTS) is 1. The highest BCUT2D eigenvalue weighted by atomic mass is 16.5. The minimum atomic E-state index is -1.10. The minimum absolute atomic E-state index is 0.145. The van der Waals surface area contributed by atoms with Crippen molar-refractivity contribution < 1.29 is 19.4 Å². The first-order valence-corrected chi connectivity index (χ1v) is 5.57. The molecule has 1 rings (SSSR count). The van der Waals surface area contributed by atoms with Gasteiger partial charge in [-0.1, -0.05) is 0 Å². The minimum Gasteiger partial charge on any atom is -0.479 e. The SMILES string of the molecule is CCN(C=O)C1(C(=O)O)CC(C)OC(C)C1. The number of carboxylic acids is 1. The molecule has 1 amide bonds. The number of nitrogens with zero attached hydrogens (tertiary/aromatic N) is 1. The molecule has 0 spiro atoms. The molecule has 5 nitrogen and oxygen atoms in total. The smallest absolute Gasteiger partial charge is 0.329 e. The van der Waals surface area contributed by atoms with Gasteiger partial charge in [-0.05, 0) is 20.8 Å². The molecular weight excluding hydrogens is 210 g/mol. The second kappa shape index (κ2) is 4.82. The van der Waals surface area contributed by atoms with E-state index in [1.54, 1.807) is 6.92 Å². The van der Waals surface area contributed by atoms with Crippen LogP contribution in [0, 0.1) is 0 Å². The summed E-state index contributed by atoms with van der Waals surface area (Å²) in [6, 6.07) is 0. The molecule has 92 valence electrons. The van der Waals surface area contributed by atoms with E-state index in [1.165, 1.54) is 4.90 Å². The first kappa shape index (κ1) is 13.0. The Kier molecular flexibility index (Phi) is 3.91. The number of rotatable bonds is 4. The van der Waals surface area contributed by atoms with Gasteiger partial charge in [0.1, 0.15) is 5.54 Å². The van der Waals surface area contributed by atoms with Crippen LogP contribution in [0.3, 0.4) is 0 Å². The molecule has 0 aromatic rings. The normalized spacial score (nSPS) is 34.4. The summed E-state index contributed by atoms with van der Waals surface area (Å²) in [6.07, 6.45) is 1.03. The van der Waals surface area contributed by atoms with E-state index in [0.29, 0.717) is 25.8 Å². The van der Waals surface area contributed by atoms with Gasteiger partial charge in [0.2, 0.25) is 6.41 Å². The van der Waals surface area contributed by atoms with Gasteiger partial charge in [0.25, 0.3) is 0 Å². The van der Waals surface area contributed by atoms with Gasteiger partial charge in [-0.3, -0.25) is 4.79 Å². The highest BCUT2D eigenvalue weighted by Crippen LogP contribution is 2.33. The van der Waals surface area contributed by atoms with Gasteiger partial charge in [0.15, 0.2) is 0 Å². The molecule has 0 radical (unpaired) electrons. The molecule has 0 aromatic heterocycles. The molecule has 1 saturated heterocycles. The summed E-state index contributed by atoms with van der Waals surface area (Å²) in [5.41, 5.74) is -1.10. The summed E-state index contributed by atoms with van der Waals surface area (Å²) < 4.78 is 5.52. The third-order valence-corrected chi connectivity index (χ3v) is 3.13. The summed E-state index contributed by atoms with van der Waals surface area (Å²) in [7, 11) is 0. The van der Waals surface area contributed by atoms with Crippen molar-refractivity contribution in [3.05, 3.63) is 0 Å². The monoisotopic (exact) mass is 229 g/mol. The first-order valence-electron chi connectivity index (χ1n) is 5.57. The third kappa shape index (κ3) is 2.19. The molecule has 2 unspecified atom stereocenters. The van der Waals surface area contributed by atoms with Crippen molar-refractivity contribution in [2.24, 2.45) is 0 Å². The number of amides is 1. The largest absolute Gasteiger partial charge is 0.479 e. The van der Waals surface area contributed by atoms with Crippen LogP contribution in [-0.2, 0) is 14.3 Å². The molecular formula is C11H19NO4. The molecule has 1 aliphatic rings. The summed E-state index contributed by atoms with van der Waals surface area (Å²) in [4.78, 5) is 23.8. The fourth-order valence-electron chi connectivity index (χ4n) is 2.54. The fourth-order valence-corrected chi connectivity index (χ4v) is 2.54. The Hall–Kier alpha value is -1.10. The zero-order valence-electron chi connectivity index (χ0n) is 9.97. The van der Waals surface area contributed by atoms with E-state index >= 15 is 0 Å². The van der Waals surface area contributed by atoms with Crippen molar-refractivity contribution in [2.45, 2.75) is 51.4 Å². The fraction of sp³-hybridized carbons (Fsp3) is 0.818. The second-order valence-corrected chi connectivity index (χ2v) is 4.39. The molecule has 0 bridgehead atoms. The zero-order chi connectivity index (χ0) is 12.3. The van der Waals surface area contributed by atoms with E-state index in [9.17, 15) is 14.7 Å². The van der Waals surface area contributed by atoms with Crippen molar-refractivity contribution >= 4 is 12.4 Å². The molecule has 1 heterocycles. The summed E-state index contributed by atoms with van der Waals surface area (Å²) in [5, 5.41) is 9.40. The quantitative estimate of drug-likeness (QED) is 0.726. The van der Waals surface area contributed by atoms with Crippen molar-refractivity contribution in [3.63, 3.8) is 0 Å². The number of carbonyl (C=O) groups excluding carboxylic acids is 1. The van der Waals surface area contributed by atoms with Gasteiger partial charge < -0.3 is 14.7 Å². The standard InChI is InChI=1S/C11H19NO4/c1-4-12(7-13)11(10(14)15)5-8(2)16-9(3)6-11/h7-9H,4-6H2,1-3H3,(H,14,15). The average molecular weight is 229 g/mol. The molecule has 0 saturated carbocycles. The van der Waals surface area contributed by atoms with Crippen LogP contribution in [0.1, 0.15) is 33.6 Å². The maximum absolute atomic E-state index is 11.5. The zero-order valence-corrected chi connectivity index (χ0v) is 9.97. The van der Waals surface area contributed by atoms with Gasteiger partial charge >= 0.3 is 5.97 Å². The lowest BCUT2D eigenvalue weighted by atomic mass is 9.82. The van der Waals surface area contributed by atoms with E-state index in [0.717, 1.165) is 0 Å². The molecule has 1 aliphatic heterocycles. The molecule has 2 atom stereocenters. The highest BCUT2D eigenvalue weighted by Gasteiger charge is 2.48. The van der Waals surface area contributed by atoms with E-state index in [1.807, 2.05) is 13.8 Å². The molecule has 1 N–H and O–H groups in total. The Balaban J connectivity index is 3.03. The van der Waals surface area contributed by atoms with E-state index in [4.69, 9.17) is 4.74 Å². The lowest BCUT2D eigenvalue weighted by Crippen LogP contribution is -2.60.